The zero-order valence-corrected chi connectivity index (χ0v) is 11.3. The molecule has 0 saturated heterocycles. The third kappa shape index (κ3) is 2.87. The van der Waals surface area contributed by atoms with Crippen molar-refractivity contribution in [3.63, 3.8) is 0 Å². The first-order valence-corrected chi connectivity index (χ1v) is 6.27. The summed E-state index contributed by atoms with van der Waals surface area (Å²) in [6.07, 6.45) is 2.81. The van der Waals surface area contributed by atoms with Gasteiger partial charge in [-0.1, -0.05) is 11.6 Å². The number of aromatic nitrogens is 7. The third-order valence-electron chi connectivity index (χ3n) is 2.69. The summed E-state index contributed by atoms with van der Waals surface area (Å²) in [6, 6.07) is 4.92. The van der Waals surface area contributed by atoms with E-state index >= 15 is 0 Å². The Hall–Kier alpha value is -2.81. The second kappa shape index (κ2) is 5.67. The van der Waals surface area contributed by atoms with Crippen LogP contribution in [0.5, 0.6) is 0 Å². The first-order chi connectivity index (χ1) is 10.2. The van der Waals surface area contributed by atoms with Gasteiger partial charge < -0.3 is 5.32 Å². The van der Waals surface area contributed by atoms with Crippen LogP contribution in [-0.4, -0.2) is 41.3 Å². The Balaban J connectivity index is 1.74. The van der Waals surface area contributed by atoms with Crippen molar-refractivity contribution in [2.75, 3.05) is 0 Å². The highest BCUT2D eigenvalue weighted by atomic mass is 35.5. The van der Waals surface area contributed by atoms with E-state index in [2.05, 4.69) is 36.0 Å². The van der Waals surface area contributed by atoms with Crippen molar-refractivity contribution in [2.45, 2.75) is 6.54 Å². The van der Waals surface area contributed by atoms with E-state index < -0.39 is 0 Å². The van der Waals surface area contributed by atoms with Crippen LogP contribution in [0.3, 0.4) is 0 Å². The number of tetrazole rings is 1. The van der Waals surface area contributed by atoms with E-state index in [0.717, 1.165) is 0 Å². The standard InChI is InChI=1S/C11H9ClN8O/c12-9-3-7(20-6-16-18-19-20)1-2-8(9)11(21)13-4-10-14-5-15-17-10/h1-3,5-6H,4H2,(H,13,21)(H,14,15,17). The van der Waals surface area contributed by atoms with Crippen LogP contribution in [0, 0.1) is 0 Å². The van der Waals surface area contributed by atoms with E-state index in [-0.39, 0.29) is 12.5 Å². The highest BCUT2D eigenvalue weighted by Gasteiger charge is 2.12. The van der Waals surface area contributed by atoms with Crippen LogP contribution in [0.4, 0.5) is 0 Å². The molecule has 0 spiro atoms. The number of amides is 1. The Labute approximate surface area is 123 Å². The van der Waals surface area contributed by atoms with Gasteiger partial charge >= 0.3 is 0 Å². The van der Waals surface area contributed by atoms with E-state index in [1.54, 1.807) is 18.2 Å². The van der Waals surface area contributed by atoms with Gasteiger partial charge in [-0.15, -0.1) is 5.10 Å². The molecule has 9 nitrogen and oxygen atoms in total. The van der Waals surface area contributed by atoms with Gasteiger partial charge in [0.05, 0.1) is 22.8 Å². The molecular formula is C11H9ClN8O. The molecule has 106 valence electrons. The molecule has 0 bridgehead atoms. The molecule has 0 saturated carbocycles. The number of rotatable bonds is 4. The molecule has 0 aliphatic heterocycles. The molecule has 2 N–H and O–H groups in total. The van der Waals surface area contributed by atoms with Gasteiger partial charge in [-0.25, -0.2) is 9.67 Å². The first-order valence-electron chi connectivity index (χ1n) is 5.89. The van der Waals surface area contributed by atoms with Gasteiger partial charge in [-0.05, 0) is 28.6 Å². The summed E-state index contributed by atoms with van der Waals surface area (Å²) in [7, 11) is 0. The number of halogens is 1. The van der Waals surface area contributed by atoms with Crippen LogP contribution < -0.4 is 5.32 Å². The van der Waals surface area contributed by atoms with Gasteiger partial charge in [0.2, 0.25) is 0 Å². The minimum absolute atomic E-state index is 0.240. The van der Waals surface area contributed by atoms with E-state index in [4.69, 9.17) is 11.6 Å². The molecule has 0 atom stereocenters. The lowest BCUT2D eigenvalue weighted by Crippen LogP contribution is -2.23. The van der Waals surface area contributed by atoms with Crippen LogP contribution >= 0.6 is 11.6 Å². The number of nitrogens with zero attached hydrogens (tertiary/aromatic N) is 6. The largest absolute Gasteiger partial charge is 0.345 e. The Bertz CT molecular complexity index is 740. The number of hydrogen-bond donors (Lipinski definition) is 2. The predicted molar refractivity (Wildman–Crippen MR) is 71.7 cm³/mol. The smallest absolute Gasteiger partial charge is 0.253 e. The fourth-order valence-corrected chi connectivity index (χ4v) is 1.95. The Kier molecular flexibility index (Phi) is 3.56. The quantitative estimate of drug-likeness (QED) is 0.719. The third-order valence-corrected chi connectivity index (χ3v) is 3.00. The summed E-state index contributed by atoms with van der Waals surface area (Å²) in [5, 5.41) is 20.2. The van der Waals surface area contributed by atoms with E-state index in [9.17, 15) is 4.79 Å². The molecular weight excluding hydrogens is 296 g/mol. The maximum absolute atomic E-state index is 12.1. The number of H-pyrrole nitrogens is 1. The molecule has 3 rings (SSSR count). The number of nitrogens with one attached hydrogen (secondary N) is 2. The Morgan fingerprint density at radius 2 is 2.33 bits per heavy atom. The second-order valence-corrected chi connectivity index (χ2v) is 4.44. The number of aromatic amines is 1. The molecule has 3 aromatic rings. The minimum Gasteiger partial charge on any atom is -0.345 e. The topological polar surface area (TPSA) is 114 Å². The van der Waals surface area contributed by atoms with E-state index in [0.29, 0.717) is 22.1 Å². The monoisotopic (exact) mass is 304 g/mol. The van der Waals surface area contributed by atoms with Crippen LogP contribution in [-0.2, 0) is 6.54 Å². The predicted octanol–water partition coefficient (Wildman–Crippen LogP) is 0.364. The average molecular weight is 305 g/mol. The van der Waals surface area contributed by atoms with E-state index in [1.165, 1.54) is 17.3 Å². The Morgan fingerprint density at radius 3 is 3.00 bits per heavy atom. The van der Waals surface area contributed by atoms with Crippen LogP contribution in [0.2, 0.25) is 5.02 Å². The van der Waals surface area contributed by atoms with Crippen molar-refractivity contribution in [1.82, 2.24) is 40.7 Å². The van der Waals surface area contributed by atoms with Gasteiger partial charge in [0.25, 0.3) is 5.91 Å². The summed E-state index contributed by atoms with van der Waals surface area (Å²) >= 11 is 6.12. The molecule has 2 aromatic heterocycles. The van der Waals surface area contributed by atoms with Crippen molar-refractivity contribution in [2.24, 2.45) is 0 Å². The zero-order valence-electron chi connectivity index (χ0n) is 10.6. The first kappa shape index (κ1) is 13.2. The molecule has 0 aliphatic carbocycles. The number of carbonyl (C=O) groups excluding carboxylic acids is 1. The molecule has 21 heavy (non-hydrogen) atoms. The highest BCUT2D eigenvalue weighted by Crippen LogP contribution is 2.19. The van der Waals surface area contributed by atoms with Gasteiger partial charge in [0, 0.05) is 0 Å². The van der Waals surface area contributed by atoms with Crippen LogP contribution in [0.1, 0.15) is 16.2 Å². The lowest BCUT2D eigenvalue weighted by molar-refractivity contribution is 0.0950. The van der Waals surface area contributed by atoms with Crippen LogP contribution in [0.15, 0.2) is 30.9 Å². The molecule has 1 aromatic carbocycles. The fourth-order valence-electron chi connectivity index (χ4n) is 1.69. The second-order valence-electron chi connectivity index (χ2n) is 4.03. The van der Waals surface area contributed by atoms with Crippen molar-refractivity contribution in [3.05, 3.63) is 47.3 Å². The molecule has 10 heteroatoms. The fraction of sp³-hybridized carbons (Fsp3) is 0.0909. The number of carbonyl (C=O) groups is 1. The lowest BCUT2D eigenvalue weighted by atomic mass is 10.2. The molecule has 0 unspecified atom stereocenters. The summed E-state index contributed by atoms with van der Waals surface area (Å²) in [4.78, 5) is 16.0. The highest BCUT2D eigenvalue weighted by molar-refractivity contribution is 6.34. The van der Waals surface area contributed by atoms with Crippen molar-refractivity contribution < 1.29 is 4.79 Å². The number of benzene rings is 1. The maximum Gasteiger partial charge on any atom is 0.253 e. The lowest BCUT2D eigenvalue weighted by Gasteiger charge is -2.07. The van der Waals surface area contributed by atoms with E-state index in [1.807, 2.05) is 0 Å². The molecule has 0 radical (unpaired) electrons. The van der Waals surface area contributed by atoms with Gasteiger partial charge in [-0.3, -0.25) is 9.89 Å². The van der Waals surface area contributed by atoms with Gasteiger partial charge in [-0.2, -0.15) is 5.10 Å². The molecule has 0 aliphatic rings. The average Bonchev–Trinajstić information content (AvgIpc) is 3.18. The Morgan fingerprint density at radius 1 is 1.43 bits per heavy atom. The number of hydrogen-bond acceptors (Lipinski definition) is 6. The normalized spacial score (nSPS) is 10.5. The minimum atomic E-state index is -0.306. The van der Waals surface area contributed by atoms with Crippen molar-refractivity contribution >= 4 is 17.5 Å². The van der Waals surface area contributed by atoms with Crippen LogP contribution in [0.25, 0.3) is 5.69 Å². The SMILES string of the molecule is O=C(NCc1ncn[nH]1)c1ccc(-n2cnnn2)cc1Cl. The molecule has 1 amide bonds. The molecule has 2 heterocycles. The van der Waals surface area contributed by atoms with Gasteiger partial charge in [0.15, 0.2) is 0 Å². The summed E-state index contributed by atoms with van der Waals surface area (Å²) in [5.41, 5.74) is 1.02. The summed E-state index contributed by atoms with van der Waals surface area (Å²) in [5.74, 6) is 0.254. The maximum atomic E-state index is 12.1. The van der Waals surface area contributed by atoms with Gasteiger partial charge in [0.1, 0.15) is 18.5 Å². The molecule has 0 fully saturated rings. The zero-order chi connectivity index (χ0) is 14.7. The van der Waals surface area contributed by atoms with Crippen molar-refractivity contribution in [1.29, 1.82) is 0 Å². The van der Waals surface area contributed by atoms with Crippen molar-refractivity contribution in [3.8, 4) is 5.69 Å². The summed E-state index contributed by atoms with van der Waals surface area (Å²) in [6.45, 7) is 0.240. The summed E-state index contributed by atoms with van der Waals surface area (Å²) < 4.78 is 1.45.